The van der Waals surface area contributed by atoms with E-state index in [0.717, 1.165) is 49.2 Å². The summed E-state index contributed by atoms with van der Waals surface area (Å²) in [5.41, 5.74) is 4.02. The number of ether oxygens (including phenoxy) is 1. The second kappa shape index (κ2) is 7.47. The minimum atomic E-state index is -0.379. The molecule has 8 nitrogen and oxygen atoms in total. The van der Waals surface area contributed by atoms with Crippen LogP contribution in [0, 0.1) is 11.8 Å². The first kappa shape index (κ1) is 18.1. The number of rotatable bonds is 5. The lowest BCUT2D eigenvalue weighted by atomic mass is 9.77. The van der Waals surface area contributed by atoms with Crippen LogP contribution < -0.4 is 0 Å². The predicted molar refractivity (Wildman–Crippen MR) is 105 cm³/mol. The summed E-state index contributed by atoms with van der Waals surface area (Å²) in [4.78, 5) is 2.50. The van der Waals surface area contributed by atoms with Crippen LogP contribution in [0.2, 0.25) is 0 Å². The molecule has 2 aromatic heterocycles. The lowest BCUT2D eigenvalue weighted by Gasteiger charge is -2.35. The first-order valence-electron chi connectivity index (χ1n) is 9.71. The number of nitrogens with zero attached hydrogens (tertiary/aromatic N) is 6. The summed E-state index contributed by atoms with van der Waals surface area (Å²) in [6.07, 6.45) is 3.28. The topological polar surface area (TPSA) is 89.2 Å². The molecule has 1 aromatic carbocycles. The largest absolute Gasteiger partial charge is 0.391 e. The summed E-state index contributed by atoms with van der Waals surface area (Å²) in [5.74, 6) is 1.12. The number of hydrogen-bond acceptors (Lipinski definition) is 8. The molecule has 1 aliphatic carbocycles. The first-order chi connectivity index (χ1) is 13.7. The molecule has 1 saturated heterocycles. The zero-order valence-electron chi connectivity index (χ0n) is 15.8. The van der Waals surface area contributed by atoms with E-state index in [9.17, 15) is 5.11 Å². The van der Waals surface area contributed by atoms with Gasteiger partial charge in [-0.2, -0.15) is 8.75 Å². The van der Waals surface area contributed by atoms with Gasteiger partial charge in [-0.3, -0.25) is 4.90 Å². The quantitative estimate of drug-likeness (QED) is 0.699. The standard InChI is InChI=1S/C19H24N6O2S/c1-27-11-15-10-25(23-20-15)18-5-13-8-24(9-14(13)6-19(18)26)7-12-2-3-16-17(4-12)22-28-21-16/h2-4,10,13-14,18-19,26H,5-9,11H2,1H3/t13-,14+,18-,19-/m1/s1. The summed E-state index contributed by atoms with van der Waals surface area (Å²) in [7, 11) is 1.65. The van der Waals surface area contributed by atoms with Gasteiger partial charge in [0.05, 0.1) is 36.7 Å². The Labute approximate surface area is 167 Å². The number of likely N-dealkylation sites (tertiary alicyclic amines) is 1. The normalized spacial score (nSPS) is 28.1. The van der Waals surface area contributed by atoms with Gasteiger partial charge in [0.1, 0.15) is 16.7 Å². The van der Waals surface area contributed by atoms with Gasteiger partial charge in [-0.15, -0.1) is 5.10 Å². The molecular formula is C19H24N6O2S. The van der Waals surface area contributed by atoms with Gasteiger partial charge in [-0.1, -0.05) is 11.3 Å². The van der Waals surface area contributed by atoms with E-state index in [1.807, 2.05) is 10.9 Å². The van der Waals surface area contributed by atoms with Crippen molar-refractivity contribution in [2.75, 3.05) is 20.2 Å². The molecule has 3 heterocycles. The Balaban J connectivity index is 1.26. The Morgan fingerprint density at radius 2 is 2.00 bits per heavy atom. The van der Waals surface area contributed by atoms with Crippen LogP contribution in [0.3, 0.4) is 0 Å². The third kappa shape index (κ3) is 3.43. The molecule has 5 rings (SSSR count). The number of methoxy groups -OCH3 is 1. The maximum Gasteiger partial charge on any atom is 0.108 e. The van der Waals surface area contributed by atoms with Crippen molar-refractivity contribution < 1.29 is 9.84 Å². The number of aliphatic hydroxyl groups excluding tert-OH is 1. The molecule has 0 bridgehead atoms. The highest BCUT2D eigenvalue weighted by molar-refractivity contribution is 7.00. The second-order valence-corrected chi connectivity index (χ2v) is 8.56. The molecule has 0 unspecified atom stereocenters. The van der Waals surface area contributed by atoms with E-state index in [-0.39, 0.29) is 12.1 Å². The number of aliphatic hydroxyl groups is 1. The van der Waals surface area contributed by atoms with Crippen molar-refractivity contribution in [3.8, 4) is 0 Å². The van der Waals surface area contributed by atoms with Crippen LogP contribution in [0.4, 0.5) is 0 Å². The monoisotopic (exact) mass is 400 g/mol. The summed E-state index contributed by atoms with van der Waals surface area (Å²) < 4.78 is 15.6. The molecule has 9 heteroatoms. The summed E-state index contributed by atoms with van der Waals surface area (Å²) in [6.45, 7) is 3.46. The minimum absolute atomic E-state index is 0.00302. The molecule has 0 radical (unpaired) electrons. The SMILES string of the molecule is COCc1cn([C@@H]2C[C@@H]3CN(Cc4ccc5nsnc5c4)C[C@@H]3C[C@H]2O)nn1. The van der Waals surface area contributed by atoms with Gasteiger partial charge in [0.15, 0.2) is 0 Å². The molecule has 1 saturated carbocycles. The Morgan fingerprint density at radius 1 is 1.18 bits per heavy atom. The van der Waals surface area contributed by atoms with Crippen LogP contribution in [0.15, 0.2) is 24.4 Å². The van der Waals surface area contributed by atoms with Gasteiger partial charge in [0.25, 0.3) is 0 Å². The Morgan fingerprint density at radius 3 is 2.86 bits per heavy atom. The van der Waals surface area contributed by atoms with Crippen LogP contribution in [-0.4, -0.2) is 60.1 Å². The lowest BCUT2D eigenvalue weighted by Crippen LogP contribution is -2.36. The van der Waals surface area contributed by atoms with Crippen molar-refractivity contribution in [3.05, 3.63) is 35.7 Å². The van der Waals surface area contributed by atoms with Gasteiger partial charge in [-0.05, 0) is 42.4 Å². The zero-order chi connectivity index (χ0) is 19.1. The fourth-order valence-corrected chi connectivity index (χ4v) is 5.31. The van der Waals surface area contributed by atoms with E-state index >= 15 is 0 Å². The Kier molecular flexibility index (Phi) is 4.83. The van der Waals surface area contributed by atoms with Crippen molar-refractivity contribution in [3.63, 3.8) is 0 Å². The molecule has 28 heavy (non-hydrogen) atoms. The maximum absolute atomic E-state index is 10.7. The Hall–Kier alpha value is -1.94. The maximum atomic E-state index is 10.7. The molecule has 3 aromatic rings. The van der Waals surface area contributed by atoms with Gasteiger partial charge in [-0.25, -0.2) is 4.68 Å². The molecule has 1 N–H and O–H groups in total. The third-order valence-corrected chi connectivity index (χ3v) is 6.66. The number of aromatic nitrogens is 5. The van der Waals surface area contributed by atoms with E-state index < -0.39 is 0 Å². The van der Waals surface area contributed by atoms with Crippen LogP contribution in [0.25, 0.3) is 11.0 Å². The average Bonchev–Trinajstić information content (AvgIpc) is 3.40. The van der Waals surface area contributed by atoms with Crippen molar-refractivity contribution >= 4 is 22.8 Å². The van der Waals surface area contributed by atoms with Gasteiger partial charge < -0.3 is 9.84 Å². The fourth-order valence-electron chi connectivity index (χ4n) is 4.79. The highest BCUT2D eigenvalue weighted by Gasteiger charge is 2.42. The van der Waals surface area contributed by atoms with Crippen LogP contribution in [0.1, 0.15) is 30.1 Å². The molecular weight excluding hydrogens is 376 g/mol. The summed E-state index contributed by atoms with van der Waals surface area (Å²) in [5, 5.41) is 19.1. The molecule has 0 amide bonds. The fraction of sp³-hybridized carbons (Fsp3) is 0.579. The van der Waals surface area contributed by atoms with Gasteiger partial charge in [0, 0.05) is 26.7 Å². The van der Waals surface area contributed by atoms with Crippen molar-refractivity contribution in [2.24, 2.45) is 11.8 Å². The molecule has 4 atom stereocenters. The predicted octanol–water partition coefficient (Wildman–Crippen LogP) is 1.87. The van der Waals surface area contributed by atoms with E-state index in [2.05, 4.69) is 42.2 Å². The van der Waals surface area contributed by atoms with Crippen LogP contribution in [-0.2, 0) is 17.9 Å². The zero-order valence-corrected chi connectivity index (χ0v) is 16.6. The van der Waals surface area contributed by atoms with Crippen LogP contribution in [0.5, 0.6) is 0 Å². The number of fused-ring (bicyclic) bond motifs is 2. The number of benzene rings is 1. The van der Waals surface area contributed by atoms with Crippen molar-refractivity contribution in [1.82, 2.24) is 28.6 Å². The molecule has 148 valence electrons. The second-order valence-electron chi connectivity index (χ2n) is 8.03. The smallest absolute Gasteiger partial charge is 0.108 e. The number of hydrogen-bond donors (Lipinski definition) is 1. The summed E-state index contributed by atoms with van der Waals surface area (Å²) >= 11 is 1.26. The van der Waals surface area contributed by atoms with E-state index in [1.165, 1.54) is 17.3 Å². The van der Waals surface area contributed by atoms with Crippen molar-refractivity contribution in [1.29, 1.82) is 0 Å². The van der Waals surface area contributed by atoms with Gasteiger partial charge in [0.2, 0.25) is 0 Å². The van der Waals surface area contributed by atoms with E-state index in [0.29, 0.717) is 18.4 Å². The summed E-state index contributed by atoms with van der Waals surface area (Å²) in [6, 6.07) is 6.34. The van der Waals surface area contributed by atoms with E-state index in [1.54, 1.807) is 7.11 Å². The average molecular weight is 401 g/mol. The highest BCUT2D eigenvalue weighted by atomic mass is 32.1. The van der Waals surface area contributed by atoms with E-state index in [4.69, 9.17) is 4.74 Å². The molecule has 2 fully saturated rings. The lowest BCUT2D eigenvalue weighted by molar-refractivity contribution is 0.0298. The third-order valence-electron chi connectivity index (χ3n) is 6.10. The minimum Gasteiger partial charge on any atom is -0.391 e. The van der Waals surface area contributed by atoms with Gasteiger partial charge >= 0.3 is 0 Å². The molecule has 2 aliphatic rings. The first-order valence-corrected chi connectivity index (χ1v) is 10.4. The Bertz CT molecular complexity index is 959. The van der Waals surface area contributed by atoms with Crippen LogP contribution >= 0.6 is 11.7 Å². The molecule has 0 spiro atoms. The van der Waals surface area contributed by atoms with Crippen molar-refractivity contribution in [2.45, 2.75) is 38.1 Å². The molecule has 1 aliphatic heterocycles. The highest BCUT2D eigenvalue weighted by Crippen LogP contribution is 2.41.